The molecule has 86 valence electrons. The molecule has 0 aliphatic heterocycles. The Morgan fingerprint density at radius 3 is 2.44 bits per heavy atom. The Balaban J connectivity index is 2.89. The summed E-state index contributed by atoms with van der Waals surface area (Å²) in [4.78, 5) is 0. The average Bonchev–Trinajstić information content (AvgIpc) is 2.33. The Kier molecular flexibility index (Phi) is 1.62. The van der Waals surface area contributed by atoms with Crippen LogP contribution in [0.15, 0.2) is 29.8 Å². The number of hydrogen-bond acceptors (Lipinski definition) is 1. The number of rotatable bonds is 0. The third kappa shape index (κ3) is 1.21. The Morgan fingerprint density at radius 1 is 1.19 bits per heavy atom. The fourth-order valence-corrected chi connectivity index (χ4v) is 2.40. The van der Waals surface area contributed by atoms with E-state index in [1.165, 1.54) is 0 Å². The topological polar surface area (TPSA) is 20.2 Å². The van der Waals surface area contributed by atoms with E-state index in [0.717, 1.165) is 16.7 Å². The number of hydrogen-bond donors (Lipinski definition) is 1. The van der Waals surface area contributed by atoms with Crippen LogP contribution in [0.3, 0.4) is 0 Å². The minimum Gasteiger partial charge on any atom is -0.385 e. The quantitative estimate of drug-likeness (QED) is 0.705. The summed E-state index contributed by atoms with van der Waals surface area (Å²) in [6.07, 6.45) is 0. The second-order valence-electron chi connectivity index (χ2n) is 5.13. The highest BCUT2D eigenvalue weighted by molar-refractivity contribution is 5.74. The summed E-state index contributed by atoms with van der Waals surface area (Å²) >= 11 is 0. The largest absolute Gasteiger partial charge is 0.385 e. The van der Waals surface area contributed by atoms with Crippen LogP contribution in [0.1, 0.15) is 49.8 Å². The zero-order valence-electron chi connectivity index (χ0n) is 13.3. The van der Waals surface area contributed by atoms with Gasteiger partial charge in [0.1, 0.15) is 0 Å². The minimum atomic E-state index is -2.48. The molecule has 0 aromatic heterocycles. The van der Waals surface area contributed by atoms with Crippen molar-refractivity contribution < 1.29 is 9.22 Å². The van der Waals surface area contributed by atoms with Gasteiger partial charge in [-0.3, -0.25) is 0 Å². The lowest BCUT2D eigenvalue weighted by atomic mass is 9.61. The lowest BCUT2D eigenvalue weighted by Crippen LogP contribution is -2.43. The van der Waals surface area contributed by atoms with Gasteiger partial charge >= 0.3 is 0 Å². The second kappa shape index (κ2) is 3.21. The predicted molar refractivity (Wildman–Crippen MR) is 68.1 cm³/mol. The van der Waals surface area contributed by atoms with Crippen LogP contribution in [0.4, 0.5) is 0 Å². The van der Waals surface area contributed by atoms with E-state index in [1.807, 2.05) is 26.0 Å². The van der Waals surface area contributed by atoms with E-state index in [1.54, 1.807) is 26.0 Å². The standard InChI is InChI=1S/C15H20O/c1-10-11(2)14(3,4)15(5,16)13-9-7-6-8-12(10)13/h6-9,16H,1-5H3/i5D3. The first-order valence-electron chi connectivity index (χ1n) is 7.05. The maximum atomic E-state index is 11.1. The number of benzene rings is 1. The third-order valence-corrected chi connectivity index (χ3v) is 4.13. The van der Waals surface area contributed by atoms with Crippen LogP contribution in [-0.4, -0.2) is 5.11 Å². The summed E-state index contributed by atoms with van der Waals surface area (Å²) in [5.74, 6) is 0. The van der Waals surface area contributed by atoms with E-state index in [4.69, 9.17) is 4.11 Å². The zero-order valence-corrected chi connectivity index (χ0v) is 10.3. The smallest absolute Gasteiger partial charge is 0.0962 e. The van der Waals surface area contributed by atoms with Crippen molar-refractivity contribution >= 4 is 5.57 Å². The van der Waals surface area contributed by atoms with Gasteiger partial charge in [-0.15, -0.1) is 0 Å². The molecule has 16 heavy (non-hydrogen) atoms. The molecule has 1 N–H and O–H groups in total. The monoisotopic (exact) mass is 219 g/mol. The molecule has 1 unspecified atom stereocenters. The molecule has 0 heterocycles. The van der Waals surface area contributed by atoms with Gasteiger partial charge in [-0.2, -0.15) is 0 Å². The minimum absolute atomic E-state index is 0.503. The van der Waals surface area contributed by atoms with Crippen molar-refractivity contribution in [1.82, 2.24) is 0 Å². The van der Waals surface area contributed by atoms with Crippen LogP contribution in [0.25, 0.3) is 5.57 Å². The molecule has 1 aliphatic rings. The molecule has 0 saturated heterocycles. The van der Waals surface area contributed by atoms with E-state index in [-0.39, 0.29) is 0 Å². The molecule has 1 nitrogen and oxygen atoms in total. The van der Waals surface area contributed by atoms with Crippen LogP contribution in [0.5, 0.6) is 0 Å². The molecule has 0 spiro atoms. The van der Waals surface area contributed by atoms with Gasteiger partial charge in [0.25, 0.3) is 0 Å². The van der Waals surface area contributed by atoms with E-state index in [9.17, 15) is 5.11 Å². The summed E-state index contributed by atoms with van der Waals surface area (Å²) in [5.41, 5.74) is 0.608. The highest BCUT2D eigenvalue weighted by Crippen LogP contribution is 2.52. The molecule has 1 aromatic carbocycles. The van der Waals surface area contributed by atoms with Crippen molar-refractivity contribution in [2.75, 3.05) is 0 Å². The molecule has 1 aromatic rings. The number of fused-ring (bicyclic) bond motifs is 1. The molecule has 0 fully saturated rings. The lowest BCUT2D eigenvalue weighted by Gasteiger charge is -2.46. The molecule has 1 atom stereocenters. The van der Waals surface area contributed by atoms with Crippen molar-refractivity contribution in [3.63, 3.8) is 0 Å². The van der Waals surface area contributed by atoms with Crippen molar-refractivity contribution in [2.45, 2.75) is 40.1 Å². The maximum Gasteiger partial charge on any atom is 0.0962 e. The second-order valence-corrected chi connectivity index (χ2v) is 5.13. The van der Waals surface area contributed by atoms with E-state index < -0.39 is 17.9 Å². The first-order valence-corrected chi connectivity index (χ1v) is 5.55. The lowest BCUT2D eigenvalue weighted by molar-refractivity contribution is -0.0390. The average molecular weight is 219 g/mol. The van der Waals surface area contributed by atoms with Crippen molar-refractivity contribution in [2.24, 2.45) is 5.41 Å². The Bertz CT molecular complexity index is 555. The van der Waals surface area contributed by atoms with Gasteiger partial charge in [0.15, 0.2) is 0 Å². The molecular formula is C15H20O. The molecular weight excluding hydrogens is 196 g/mol. The van der Waals surface area contributed by atoms with Crippen LogP contribution in [-0.2, 0) is 5.60 Å². The van der Waals surface area contributed by atoms with Crippen molar-refractivity contribution in [1.29, 1.82) is 0 Å². The summed E-state index contributed by atoms with van der Waals surface area (Å²) in [6.45, 7) is 5.01. The maximum absolute atomic E-state index is 11.1. The van der Waals surface area contributed by atoms with Gasteiger partial charge in [0, 0.05) is 9.53 Å². The Hall–Kier alpha value is -1.08. The number of aliphatic hydroxyl groups is 1. The van der Waals surface area contributed by atoms with Crippen LogP contribution in [0.2, 0.25) is 0 Å². The normalized spacial score (nSPS) is 31.4. The third-order valence-electron chi connectivity index (χ3n) is 4.13. The molecule has 0 saturated carbocycles. The first-order chi connectivity index (χ1) is 8.55. The van der Waals surface area contributed by atoms with Crippen molar-refractivity contribution in [3.8, 4) is 0 Å². The first kappa shape index (κ1) is 8.08. The van der Waals surface area contributed by atoms with Gasteiger partial charge in [-0.05, 0) is 37.4 Å². The summed E-state index contributed by atoms with van der Waals surface area (Å²) in [5, 5.41) is 11.1. The van der Waals surface area contributed by atoms with Gasteiger partial charge in [-0.25, -0.2) is 0 Å². The van der Waals surface area contributed by atoms with E-state index >= 15 is 0 Å². The van der Waals surface area contributed by atoms with E-state index in [0.29, 0.717) is 5.56 Å². The highest BCUT2D eigenvalue weighted by atomic mass is 16.3. The molecule has 0 radical (unpaired) electrons. The molecule has 0 amide bonds. The van der Waals surface area contributed by atoms with Crippen molar-refractivity contribution in [3.05, 3.63) is 41.0 Å². The summed E-state index contributed by atoms with van der Waals surface area (Å²) < 4.78 is 23.5. The Labute approximate surface area is 102 Å². The van der Waals surface area contributed by atoms with E-state index in [2.05, 4.69) is 0 Å². The predicted octanol–water partition coefficient (Wildman–Crippen LogP) is 3.73. The fraction of sp³-hybridized carbons (Fsp3) is 0.467. The zero-order chi connectivity index (χ0) is 14.6. The highest BCUT2D eigenvalue weighted by Gasteiger charge is 2.46. The molecule has 0 bridgehead atoms. The molecule has 1 heteroatoms. The SMILES string of the molecule is [2H]C([2H])([2H])C1(O)c2ccccc2C(C)=C(C)C1(C)C. The van der Waals surface area contributed by atoms with Gasteiger partial charge in [-0.1, -0.05) is 43.7 Å². The van der Waals surface area contributed by atoms with Crippen LogP contribution in [0, 0.1) is 5.41 Å². The van der Waals surface area contributed by atoms with Gasteiger partial charge in [0.05, 0.1) is 5.60 Å². The van der Waals surface area contributed by atoms with Gasteiger partial charge in [0.2, 0.25) is 0 Å². The van der Waals surface area contributed by atoms with Crippen LogP contribution >= 0.6 is 0 Å². The summed E-state index contributed by atoms with van der Waals surface area (Å²) in [7, 11) is 0. The van der Waals surface area contributed by atoms with Crippen LogP contribution < -0.4 is 0 Å². The fourth-order valence-electron chi connectivity index (χ4n) is 2.40. The molecule has 2 rings (SSSR count). The van der Waals surface area contributed by atoms with Gasteiger partial charge < -0.3 is 5.11 Å². The number of allylic oxidation sites excluding steroid dienone is 1. The summed E-state index contributed by atoms with van der Waals surface area (Å²) in [6, 6.07) is 7.24. The molecule has 1 aliphatic carbocycles. The Morgan fingerprint density at radius 2 is 1.81 bits per heavy atom.